The molecule has 0 unspecified atom stereocenters. The summed E-state index contributed by atoms with van der Waals surface area (Å²) in [6.45, 7) is -0.706. The number of carbonyl (C=O) groups is 1. The predicted octanol–water partition coefficient (Wildman–Crippen LogP) is 3.77. The minimum Gasteiger partial charge on any atom is -0.352 e. The van der Waals surface area contributed by atoms with Crippen molar-refractivity contribution in [3.8, 4) is 16.9 Å². The van der Waals surface area contributed by atoms with E-state index in [-0.39, 0.29) is 11.4 Å². The lowest BCUT2D eigenvalue weighted by Gasteiger charge is -2.12. The van der Waals surface area contributed by atoms with Crippen molar-refractivity contribution in [2.75, 3.05) is 6.54 Å². The van der Waals surface area contributed by atoms with Crippen LogP contribution in [0.5, 0.6) is 0 Å². The maximum absolute atomic E-state index is 13.6. The van der Waals surface area contributed by atoms with Crippen molar-refractivity contribution in [3.05, 3.63) is 75.5 Å². The second-order valence-corrected chi connectivity index (χ2v) is 6.59. The minimum atomic E-state index is -4.46. The van der Waals surface area contributed by atoms with Crippen molar-refractivity contribution in [1.82, 2.24) is 20.1 Å². The van der Waals surface area contributed by atoms with Gasteiger partial charge in [-0.05, 0) is 18.2 Å². The Morgan fingerprint density at radius 2 is 1.83 bits per heavy atom. The van der Waals surface area contributed by atoms with Crippen molar-refractivity contribution in [3.63, 3.8) is 0 Å². The molecule has 0 bridgehead atoms. The summed E-state index contributed by atoms with van der Waals surface area (Å²) in [5.74, 6) is -1.76. The van der Waals surface area contributed by atoms with Crippen molar-refractivity contribution in [1.29, 1.82) is 0 Å². The quantitative estimate of drug-likeness (QED) is 0.613. The van der Waals surface area contributed by atoms with Gasteiger partial charge in [-0.25, -0.2) is 4.39 Å². The van der Waals surface area contributed by atoms with E-state index in [0.29, 0.717) is 10.6 Å². The van der Waals surface area contributed by atoms with Gasteiger partial charge in [-0.2, -0.15) is 23.0 Å². The first-order chi connectivity index (χ1) is 14.1. The molecule has 1 amide bonds. The third-order valence-electron chi connectivity index (χ3n) is 3.93. The zero-order chi connectivity index (χ0) is 21.9. The summed E-state index contributed by atoms with van der Waals surface area (Å²) in [5, 5.41) is 6.64. The van der Waals surface area contributed by atoms with Gasteiger partial charge < -0.3 is 5.32 Å². The van der Waals surface area contributed by atoms with Crippen LogP contribution in [0.2, 0.25) is 5.02 Å². The Labute approximate surface area is 172 Å². The summed E-state index contributed by atoms with van der Waals surface area (Å²) in [6, 6.07) is 8.40. The lowest BCUT2D eigenvalue weighted by atomic mass is 10.1. The van der Waals surface area contributed by atoms with Crippen molar-refractivity contribution >= 4 is 17.5 Å². The van der Waals surface area contributed by atoms with Gasteiger partial charge in [-0.1, -0.05) is 23.7 Å². The molecular weight excluding hydrogens is 428 g/mol. The van der Waals surface area contributed by atoms with Crippen LogP contribution in [-0.2, 0) is 0 Å². The average molecular weight is 441 g/mol. The number of alkyl halides is 3. The van der Waals surface area contributed by atoms with Gasteiger partial charge in [0.15, 0.2) is 0 Å². The van der Waals surface area contributed by atoms with E-state index >= 15 is 0 Å². The van der Waals surface area contributed by atoms with Crippen LogP contribution < -0.4 is 10.9 Å². The largest absolute Gasteiger partial charge is 0.390 e. The monoisotopic (exact) mass is 440 g/mol. The summed E-state index contributed by atoms with van der Waals surface area (Å²) < 4.78 is 51.4. The highest BCUT2D eigenvalue weighted by molar-refractivity contribution is 6.30. The molecule has 3 aromatic rings. The topological polar surface area (TPSA) is 76.9 Å². The standard InChI is InChI=1S/C19H13ClF4N4O2/c20-12-3-1-11(2-4-12)16-8-15(17(29)26-6-5-19(22,23)24)18(30)28(27-16)14-7-13(21)9-25-10-14/h1-4,7-10H,5-6H2,(H,26,29). The van der Waals surface area contributed by atoms with Crippen LogP contribution in [0.25, 0.3) is 16.9 Å². The highest BCUT2D eigenvalue weighted by atomic mass is 35.5. The molecule has 11 heteroatoms. The first kappa shape index (κ1) is 21.4. The maximum atomic E-state index is 13.6. The summed E-state index contributed by atoms with van der Waals surface area (Å²) >= 11 is 5.86. The van der Waals surface area contributed by atoms with Crippen LogP contribution in [-0.4, -0.2) is 33.4 Å². The Balaban J connectivity index is 2.07. The number of pyridine rings is 1. The van der Waals surface area contributed by atoms with Crippen LogP contribution in [0.1, 0.15) is 16.8 Å². The molecule has 0 radical (unpaired) electrons. The van der Waals surface area contributed by atoms with Crippen LogP contribution >= 0.6 is 11.6 Å². The number of nitrogens with one attached hydrogen (secondary N) is 1. The fourth-order valence-electron chi connectivity index (χ4n) is 2.52. The third-order valence-corrected chi connectivity index (χ3v) is 4.18. The lowest BCUT2D eigenvalue weighted by Crippen LogP contribution is -2.35. The maximum Gasteiger partial charge on any atom is 0.390 e. The van der Waals surface area contributed by atoms with E-state index in [1.165, 1.54) is 0 Å². The molecule has 6 nitrogen and oxygen atoms in total. The number of amides is 1. The Kier molecular flexibility index (Phi) is 6.16. The number of hydrogen-bond acceptors (Lipinski definition) is 4. The van der Waals surface area contributed by atoms with Gasteiger partial charge in [0.05, 0.1) is 30.2 Å². The van der Waals surface area contributed by atoms with E-state index < -0.39 is 42.0 Å². The molecule has 0 fully saturated rings. The molecule has 2 aromatic heterocycles. The molecule has 30 heavy (non-hydrogen) atoms. The van der Waals surface area contributed by atoms with E-state index in [1.54, 1.807) is 24.3 Å². The van der Waals surface area contributed by atoms with Gasteiger partial charge in [0.1, 0.15) is 11.4 Å². The number of hydrogen-bond donors (Lipinski definition) is 1. The fraction of sp³-hybridized carbons (Fsp3) is 0.158. The molecular formula is C19H13ClF4N4O2. The average Bonchev–Trinajstić information content (AvgIpc) is 2.68. The molecule has 0 aliphatic heterocycles. The molecule has 0 aliphatic rings. The molecule has 1 N–H and O–H groups in total. The first-order valence-electron chi connectivity index (χ1n) is 8.50. The van der Waals surface area contributed by atoms with E-state index in [4.69, 9.17) is 11.6 Å². The van der Waals surface area contributed by atoms with Gasteiger partial charge in [0.2, 0.25) is 0 Å². The number of carbonyl (C=O) groups excluding carboxylic acids is 1. The Morgan fingerprint density at radius 1 is 1.13 bits per heavy atom. The van der Waals surface area contributed by atoms with Gasteiger partial charge in [-0.3, -0.25) is 14.6 Å². The zero-order valence-electron chi connectivity index (χ0n) is 15.1. The van der Waals surface area contributed by atoms with Crippen molar-refractivity contribution in [2.45, 2.75) is 12.6 Å². The van der Waals surface area contributed by atoms with Gasteiger partial charge in [-0.15, -0.1) is 0 Å². The second-order valence-electron chi connectivity index (χ2n) is 6.15. The molecule has 0 spiro atoms. The fourth-order valence-corrected chi connectivity index (χ4v) is 2.65. The molecule has 1 aromatic carbocycles. The molecule has 0 atom stereocenters. The number of benzene rings is 1. The van der Waals surface area contributed by atoms with Gasteiger partial charge in [0.25, 0.3) is 11.5 Å². The van der Waals surface area contributed by atoms with Gasteiger partial charge >= 0.3 is 6.18 Å². The predicted molar refractivity (Wildman–Crippen MR) is 101 cm³/mol. The second kappa shape index (κ2) is 8.62. The van der Waals surface area contributed by atoms with E-state index in [1.807, 2.05) is 0 Å². The molecule has 0 saturated carbocycles. The number of nitrogens with zero attached hydrogens (tertiary/aromatic N) is 3. The van der Waals surface area contributed by atoms with Crippen LogP contribution in [0, 0.1) is 5.82 Å². The summed E-state index contributed by atoms with van der Waals surface area (Å²) in [5.41, 5.74) is -0.829. The number of aromatic nitrogens is 3. The first-order valence-corrected chi connectivity index (χ1v) is 8.88. The van der Waals surface area contributed by atoms with Crippen molar-refractivity contribution < 1.29 is 22.4 Å². The summed E-state index contributed by atoms with van der Waals surface area (Å²) in [7, 11) is 0. The molecule has 156 valence electrons. The molecule has 3 rings (SSSR count). The van der Waals surface area contributed by atoms with E-state index in [9.17, 15) is 27.2 Å². The minimum absolute atomic E-state index is 0.0554. The van der Waals surface area contributed by atoms with Crippen LogP contribution in [0.4, 0.5) is 17.6 Å². The summed E-state index contributed by atoms with van der Waals surface area (Å²) in [6.07, 6.45) is -3.64. The number of halogens is 5. The lowest BCUT2D eigenvalue weighted by molar-refractivity contribution is -0.132. The highest BCUT2D eigenvalue weighted by Gasteiger charge is 2.27. The summed E-state index contributed by atoms with van der Waals surface area (Å²) in [4.78, 5) is 28.8. The van der Waals surface area contributed by atoms with Gasteiger partial charge in [0, 0.05) is 23.2 Å². The van der Waals surface area contributed by atoms with E-state index in [0.717, 1.165) is 29.2 Å². The highest BCUT2D eigenvalue weighted by Crippen LogP contribution is 2.21. The molecule has 0 aliphatic carbocycles. The molecule has 2 heterocycles. The van der Waals surface area contributed by atoms with Crippen molar-refractivity contribution in [2.24, 2.45) is 0 Å². The normalized spacial score (nSPS) is 11.4. The SMILES string of the molecule is O=C(NCCC(F)(F)F)c1cc(-c2ccc(Cl)cc2)nn(-c2cncc(F)c2)c1=O. The number of rotatable bonds is 5. The smallest absolute Gasteiger partial charge is 0.352 e. The Morgan fingerprint density at radius 3 is 2.47 bits per heavy atom. The van der Waals surface area contributed by atoms with E-state index in [2.05, 4.69) is 15.4 Å². The third kappa shape index (κ3) is 5.20. The van der Waals surface area contributed by atoms with Crippen LogP contribution in [0.15, 0.2) is 53.6 Å². The molecule has 0 saturated heterocycles. The Hall–Kier alpha value is -3.27. The van der Waals surface area contributed by atoms with Crippen LogP contribution in [0.3, 0.4) is 0 Å². The zero-order valence-corrected chi connectivity index (χ0v) is 15.8. The Bertz CT molecular complexity index is 1130.